The van der Waals surface area contributed by atoms with Crippen LogP contribution in [0.5, 0.6) is 0 Å². The molecule has 6 nitrogen and oxygen atoms in total. The smallest absolute Gasteiger partial charge is 0.230 e. The second kappa shape index (κ2) is 7.56. The average Bonchev–Trinajstić information content (AvgIpc) is 3.31. The van der Waals surface area contributed by atoms with E-state index in [4.69, 9.17) is 16.1 Å². The first-order valence-electron chi connectivity index (χ1n) is 9.10. The molecule has 0 saturated carbocycles. The van der Waals surface area contributed by atoms with Gasteiger partial charge in [0.2, 0.25) is 5.91 Å². The maximum Gasteiger partial charge on any atom is 0.230 e. The Labute approximate surface area is 162 Å². The summed E-state index contributed by atoms with van der Waals surface area (Å²) in [7, 11) is 0. The molecule has 0 bridgehead atoms. The van der Waals surface area contributed by atoms with E-state index in [0.29, 0.717) is 16.7 Å². The van der Waals surface area contributed by atoms with Crippen molar-refractivity contribution in [2.24, 2.45) is 0 Å². The Bertz CT molecular complexity index is 941. The summed E-state index contributed by atoms with van der Waals surface area (Å²) in [5.74, 6) is 1.08. The van der Waals surface area contributed by atoms with Gasteiger partial charge in [-0.2, -0.15) is 5.10 Å². The Morgan fingerprint density at radius 2 is 2.07 bits per heavy atom. The van der Waals surface area contributed by atoms with E-state index in [9.17, 15) is 4.79 Å². The van der Waals surface area contributed by atoms with E-state index in [1.54, 1.807) is 0 Å². The molecule has 7 heteroatoms. The molecule has 1 amide bonds. The number of carbonyl (C=O) groups is 1. The zero-order valence-corrected chi connectivity index (χ0v) is 15.9. The highest BCUT2D eigenvalue weighted by atomic mass is 35.5. The summed E-state index contributed by atoms with van der Waals surface area (Å²) in [6.45, 7) is 3.32. The third-order valence-corrected chi connectivity index (χ3v) is 5.37. The Morgan fingerprint density at radius 1 is 1.30 bits per heavy atom. The molecule has 0 spiro atoms. The van der Waals surface area contributed by atoms with Gasteiger partial charge in [-0.3, -0.25) is 9.89 Å². The highest BCUT2D eigenvalue weighted by molar-refractivity contribution is 6.33. The van der Waals surface area contributed by atoms with Crippen LogP contribution in [0.4, 0.5) is 0 Å². The highest BCUT2D eigenvalue weighted by Gasteiger charge is 2.26. The molecule has 0 radical (unpaired) electrons. The molecule has 0 atom stereocenters. The molecule has 3 heterocycles. The van der Waals surface area contributed by atoms with Gasteiger partial charge in [0.25, 0.3) is 0 Å². The molecule has 4 rings (SSSR count). The van der Waals surface area contributed by atoms with Gasteiger partial charge in [0.15, 0.2) is 0 Å². The third-order valence-electron chi connectivity index (χ3n) is 5.04. The number of nitrogens with one attached hydrogen (secondary N) is 1. The lowest BCUT2D eigenvalue weighted by Crippen LogP contribution is -2.38. The normalized spacial score (nSPS) is 15.3. The molecule has 3 aromatic rings. The third kappa shape index (κ3) is 3.90. The fourth-order valence-electron chi connectivity index (χ4n) is 3.55. The van der Waals surface area contributed by atoms with Crippen LogP contribution in [0, 0.1) is 6.92 Å². The second-order valence-corrected chi connectivity index (χ2v) is 7.36. The molecule has 1 aliphatic heterocycles. The van der Waals surface area contributed by atoms with Gasteiger partial charge < -0.3 is 9.42 Å². The minimum Gasteiger partial charge on any atom is -0.361 e. The number of amides is 1. The Hall–Kier alpha value is -2.60. The number of hydrogen-bond acceptors (Lipinski definition) is 4. The van der Waals surface area contributed by atoms with Crippen molar-refractivity contribution >= 4 is 17.5 Å². The van der Waals surface area contributed by atoms with E-state index in [0.717, 1.165) is 48.6 Å². The van der Waals surface area contributed by atoms with Gasteiger partial charge in [0.1, 0.15) is 5.76 Å². The molecule has 0 aliphatic carbocycles. The first kappa shape index (κ1) is 17.8. The maximum atomic E-state index is 12.4. The van der Waals surface area contributed by atoms with Crippen molar-refractivity contribution in [3.63, 3.8) is 0 Å². The largest absolute Gasteiger partial charge is 0.361 e. The summed E-state index contributed by atoms with van der Waals surface area (Å²) in [4.78, 5) is 14.4. The number of halogens is 1. The number of H-pyrrole nitrogens is 1. The van der Waals surface area contributed by atoms with Gasteiger partial charge in [-0.25, -0.2) is 0 Å². The number of aromatic amines is 1. The van der Waals surface area contributed by atoms with E-state index in [1.165, 1.54) is 0 Å². The summed E-state index contributed by atoms with van der Waals surface area (Å²) in [5.41, 5.74) is 3.68. The lowest BCUT2D eigenvalue weighted by molar-refractivity contribution is -0.131. The van der Waals surface area contributed by atoms with Gasteiger partial charge in [0, 0.05) is 36.3 Å². The van der Waals surface area contributed by atoms with Gasteiger partial charge in [0.05, 0.1) is 22.8 Å². The van der Waals surface area contributed by atoms with Crippen LogP contribution in [-0.4, -0.2) is 39.3 Å². The van der Waals surface area contributed by atoms with Crippen molar-refractivity contribution in [3.05, 3.63) is 58.6 Å². The Kier molecular flexibility index (Phi) is 4.99. The topological polar surface area (TPSA) is 75.0 Å². The highest BCUT2D eigenvalue weighted by Crippen LogP contribution is 2.31. The second-order valence-electron chi connectivity index (χ2n) is 6.95. The number of rotatable bonds is 4. The van der Waals surface area contributed by atoms with Crippen LogP contribution >= 0.6 is 11.6 Å². The SMILES string of the molecule is Cc1cc(CC(=O)N2CCC(c3cc(-c4ccccc4Cl)n[nH]3)CC2)on1. The van der Waals surface area contributed by atoms with Crippen LogP contribution in [-0.2, 0) is 11.2 Å². The van der Waals surface area contributed by atoms with E-state index >= 15 is 0 Å². The Morgan fingerprint density at radius 3 is 2.78 bits per heavy atom. The number of carbonyl (C=O) groups excluding carboxylic acids is 1. The number of likely N-dealkylation sites (tertiary alicyclic amines) is 1. The van der Waals surface area contributed by atoms with Crippen molar-refractivity contribution in [1.29, 1.82) is 0 Å². The van der Waals surface area contributed by atoms with E-state index in [2.05, 4.69) is 21.4 Å². The molecule has 1 fully saturated rings. The first-order chi connectivity index (χ1) is 13.1. The van der Waals surface area contributed by atoms with E-state index in [-0.39, 0.29) is 12.3 Å². The quantitative estimate of drug-likeness (QED) is 0.738. The number of aromatic nitrogens is 3. The summed E-state index contributed by atoms with van der Waals surface area (Å²) >= 11 is 6.27. The van der Waals surface area contributed by atoms with Crippen molar-refractivity contribution in [3.8, 4) is 11.3 Å². The molecular weight excluding hydrogens is 364 g/mol. The van der Waals surface area contributed by atoms with Crippen LogP contribution in [0.1, 0.15) is 35.9 Å². The van der Waals surface area contributed by atoms with Crippen molar-refractivity contribution in [2.75, 3.05) is 13.1 Å². The summed E-state index contributed by atoms with van der Waals surface area (Å²) in [6.07, 6.45) is 2.09. The van der Waals surface area contributed by atoms with Crippen LogP contribution in [0.2, 0.25) is 5.02 Å². The molecule has 1 N–H and O–H groups in total. The predicted molar refractivity (Wildman–Crippen MR) is 103 cm³/mol. The summed E-state index contributed by atoms with van der Waals surface area (Å²) in [5, 5.41) is 12.1. The fraction of sp³-hybridized carbons (Fsp3) is 0.350. The lowest BCUT2D eigenvalue weighted by atomic mass is 9.93. The molecule has 1 aromatic carbocycles. The van der Waals surface area contributed by atoms with Crippen LogP contribution < -0.4 is 0 Å². The van der Waals surface area contributed by atoms with Crippen molar-refractivity contribution in [2.45, 2.75) is 32.1 Å². The molecule has 140 valence electrons. The number of aryl methyl sites for hydroxylation is 1. The molecule has 27 heavy (non-hydrogen) atoms. The summed E-state index contributed by atoms with van der Waals surface area (Å²) in [6, 6.07) is 11.6. The van der Waals surface area contributed by atoms with Gasteiger partial charge in [-0.15, -0.1) is 0 Å². The van der Waals surface area contributed by atoms with E-state index < -0.39 is 0 Å². The number of benzene rings is 1. The van der Waals surface area contributed by atoms with Gasteiger partial charge in [-0.05, 0) is 31.9 Å². The van der Waals surface area contributed by atoms with Crippen LogP contribution in [0.3, 0.4) is 0 Å². The number of piperidine rings is 1. The van der Waals surface area contributed by atoms with Gasteiger partial charge >= 0.3 is 0 Å². The fourth-order valence-corrected chi connectivity index (χ4v) is 3.79. The molecule has 1 aliphatic rings. The average molecular weight is 385 g/mol. The van der Waals surface area contributed by atoms with Crippen molar-refractivity contribution < 1.29 is 9.32 Å². The zero-order valence-electron chi connectivity index (χ0n) is 15.1. The number of hydrogen-bond donors (Lipinski definition) is 1. The van der Waals surface area contributed by atoms with Crippen molar-refractivity contribution in [1.82, 2.24) is 20.3 Å². The van der Waals surface area contributed by atoms with E-state index in [1.807, 2.05) is 42.2 Å². The standard InChI is InChI=1S/C20H21ClN4O2/c1-13-10-15(27-24-13)11-20(26)25-8-6-14(7-9-25)18-12-19(23-22-18)16-4-2-3-5-17(16)21/h2-5,10,12,14H,6-9,11H2,1H3,(H,22,23). The molecule has 1 saturated heterocycles. The maximum absolute atomic E-state index is 12.4. The first-order valence-corrected chi connectivity index (χ1v) is 9.48. The molecule has 0 unspecified atom stereocenters. The number of nitrogens with zero attached hydrogens (tertiary/aromatic N) is 3. The van der Waals surface area contributed by atoms with Crippen LogP contribution in [0.25, 0.3) is 11.3 Å². The lowest BCUT2D eigenvalue weighted by Gasteiger charge is -2.31. The monoisotopic (exact) mass is 384 g/mol. The zero-order chi connectivity index (χ0) is 18.8. The van der Waals surface area contributed by atoms with Crippen LogP contribution in [0.15, 0.2) is 40.9 Å². The summed E-state index contributed by atoms with van der Waals surface area (Å²) < 4.78 is 5.15. The molecule has 2 aromatic heterocycles. The minimum absolute atomic E-state index is 0.0889. The minimum atomic E-state index is 0.0889. The molecular formula is C20H21ClN4O2. The van der Waals surface area contributed by atoms with Gasteiger partial charge in [-0.1, -0.05) is 35.0 Å². The predicted octanol–water partition coefficient (Wildman–Crippen LogP) is 3.98. The Balaban J connectivity index is 1.37.